The number of Topliss-reactive ketones (excluding diaryl/α,β-unsaturated/α-hetero) is 1. The highest BCUT2D eigenvalue weighted by Crippen LogP contribution is 2.37. The number of hydrogen-bond donors (Lipinski definition) is 0. The molecule has 0 aromatic heterocycles. The van der Waals surface area contributed by atoms with Crippen molar-refractivity contribution in [1.29, 1.82) is 5.26 Å². The SMILES string of the molecule is CC(C)(C)C1Oc2ccccc2C(=O)C1C#N. The standard InChI is InChI=1S/C14H15NO2/c1-14(2,3)13-10(8-15)12(16)9-6-4-5-7-11(9)17-13/h4-7,10,13H,1-3H3. The van der Waals surface area contributed by atoms with E-state index in [0.717, 1.165) is 0 Å². The van der Waals surface area contributed by atoms with Crippen LogP contribution in [0.4, 0.5) is 0 Å². The van der Waals surface area contributed by atoms with Crippen LogP contribution >= 0.6 is 0 Å². The first-order valence-corrected chi connectivity index (χ1v) is 5.64. The molecule has 0 saturated heterocycles. The zero-order valence-corrected chi connectivity index (χ0v) is 10.2. The molecule has 2 rings (SSSR count). The molecule has 1 aliphatic rings. The predicted octanol–water partition coefficient (Wildman–Crippen LogP) is 2.82. The number of carbonyl (C=O) groups excluding carboxylic acids is 1. The van der Waals surface area contributed by atoms with E-state index in [1.54, 1.807) is 18.2 Å². The molecular formula is C14H15NO2. The zero-order chi connectivity index (χ0) is 12.6. The number of nitriles is 1. The van der Waals surface area contributed by atoms with Crippen LogP contribution in [0.5, 0.6) is 5.75 Å². The summed E-state index contributed by atoms with van der Waals surface area (Å²) in [5.41, 5.74) is 0.267. The maximum Gasteiger partial charge on any atom is 0.187 e. The number of fused-ring (bicyclic) bond motifs is 1. The average Bonchev–Trinajstić information content (AvgIpc) is 2.28. The number of ether oxygens (including phenoxy) is 1. The van der Waals surface area contributed by atoms with E-state index in [9.17, 15) is 4.79 Å². The van der Waals surface area contributed by atoms with Gasteiger partial charge in [-0.2, -0.15) is 5.26 Å². The highest BCUT2D eigenvalue weighted by Gasteiger charge is 2.43. The molecule has 0 spiro atoms. The molecule has 0 N–H and O–H groups in total. The Kier molecular flexibility index (Phi) is 2.66. The first-order valence-electron chi connectivity index (χ1n) is 5.64. The Labute approximate surface area is 101 Å². The van der Waals surface area contributed by atoms with E-state index in [0.29, 0.717) is 11.3 Å². The average molecular weight is 229 g/mol. The summed E-state index contributed by atoms with van der Waals surface area (Å²) in [4.78, 5) is 12.2. The second-order valence-electron chi connectivity index (χ2n) is 5.37. The number of nitrogens with zero attached hydrogens (tertiary/aromatic N) is 1. The lowest BCUT2D eigenvalue weighted by Crippen LogP contribution is -2.45. The van der Waals surface area contributed by atoms with Gasteiger partial charge in [-0.05, 0) is 12.1 Å². The van der Waals surface area contributed by atoms with Gasteiger partial charge in [0.15, 0.2) is 5.78 Å². The van der Waals surface area contributed by atoms with Gasteiger partial charge in [-0.1, -0.05) is 32.9 Å². The van der Waals surface area contributed by atoms with Crippen molar-refractivity contribution in [2.45, 2.75) is 26.9 Å². The summed E-state index contributed by atoms with van der Waals surface area (Å²) in [6.07, 6.45) is -0.394. The second-order valence-corrected chi connectivity index (χ2v) is 5.37. The molecule has 17 heavy (non-hydrogen) atoms. The van der Waals surface area contributed by atoms with Gasteiger partial charge in [0.2, 0.25) is 0 Å². The van der Waals surface area contributed by atoms with Crippen molar-refractivity contribution in [3.63, 3.8) is 0 Å². The number of carbonyl (C=O) groups is 1. The fraction of sp³-hybridized carbons (Fsp3) is 0.429. The lowest BCUT2D eigenvalue weighted by atomic mass is 9.77. The Morgan fingerprint density at radius 1 is 1.29 bits per heavy atom. The van der Waals surface area contributed by atoms with E-state index in [1.165, 1.54) is 0 Å². The van der Waals surface area contributed by atoms with Gasteiger partial charge in [0.25, 0.3) is 0 Å². The van der Waals surface area contributed by atoms with Crippen molar-refractivity contribution < 1.29 is 9.53 Å². The summed E-state index contributed by atoms with van der Waals surface area (Å²) in [7, 11) is 0. The molecule has 0 amide bonds. The van der Waals surface area contributed by atoms with Crippen LogP contribution in [0, 0.1) is 22.7 Å². The molecule has 88 valence electrons. The first kappa shape index (κ1) is 11.7. The van der Waals surface area contributed by atoms with E-state index < -0.39 is 12.0 Å². The number of para-hydroxylation sites is 1. The molecule has 1 aromatic rings. The van der Waals surface area contributed by atoms with E-state index in [-0.39, 0.29) is 11.2 Å². The molecule has 1 heterocycles. The van der Waals surface area contributed by atoms with Crippen LogP contribution in [0.25, 0.3) is 0 Å². The summed E-state index contributed by atoms with van der Waals surface area (Å²) in [5.74, 6) is -0.261. The second kappa shape index (κ2) is 3.89. The van der Waals surface area contributed by atoms with Gasteiger partial charge in [0.05, 0.1) is 11.6 Å². The Balaban J connectivity index is 2.50. The smallest absolute Gasteiger partial charge is 0.187 e. The first-order chi connectivity index (χ1) is 7.95. The summed E-state index contributed by atoms with van der Waals surface area (Å²) in [6, 6.07) is 9.18. The van der Waals surface area contributed by atoms with Crippen molar-refractivity contribution in [2.24, 2.45) is 11.3 Å². The van der Waals surface area contributed by atoms with Crippen molar-refractivity contribution in [3.05, 3.63) is 29.8 Å². The Bertz CT molecular complexity index is 494. The van der Waals surface area contributed by atoms with Gasteiger partial charge >= 0.3 is 0 Å². The third-order valence-corrected chi connectivity index (χ3v) is 2.98. The van der Waals surface area contributed by atoms with Gasteiger partial charge in [0, 0.05) is 5.41 Å². The molecule has 3 nitrogen and oxygen atoms in total. The van der Waals surface area contributed by atoms with Crippen LogP contribution in [-0.2, 0) is 0 Å². The van der Waals surface area contributed by atoms with Gasteiger partial charge in [0.1, 0.15) is 17.8 Å². The largest absolute Gasteiger partial charge is 0.487 e. The Morgan fingerprint density at radius 3 is 2.53 bits per heavy atom. The molecule has 0 radical (unpaired) electrons. The van der Waals surface area contributed by atoms with Crippen molar-refractivity contribution >= 4 is 5.78 Å². The summed E-state index contributed by atoms with van der Waals surface area (Å²) >= 11 is 0. The van der Waals surface area contributed by atoms with E-state index in [2.05, 4.69) is 6.07 Å². The highest BCUT2D eigenvalue weighted by molar-refractivity contribution is 6.03. The third kappa shape index (κ3) is 1.91. The molecule has 0 bridgehead atoms. The Morgan fingerprint density at radius 2 is 1.94 bits per heavy atom. The Hall–Kier alpha value is -1.82. The third-order valence-electron chi connectivity index (χ3n) is 2.98. The molecule has 1 aromatic carbocycles. The van der Waals surface area contributed by atoms with Crippen LogP contribution in [0.1, 0.15) is 31.1 Å². The topological polar surface area (TPSA) is 50.1 Å². The number of hydrogen-bond acceptors (Lipinski definition) is 3. The van der Waals surface area contributed by atoms with Gasteiger partial charge in [-0.3, -0.25) is 4.79 Å². The predicted molar refractivity (Wildman–Crippen MR) is 63.7 cm³/mol. The molecule has 3 heteroatoms. The normalized spacial score (nSPS) is 23.5. The lowest BCUT2D eigenvalue weighted by molar-refractivity contribution is 0.0356. The molecule has 0 saturated carbocycles. The van der Waals surface area contributed by atoms with Crippen LogP contribution in [-0.4, -0.2) is 11.9 Å². The molecule has 0 aliphatic carbocycles. The minimum absolute atomic E-state index is 0.130. The van der Waals surface area contributed by atoms with Crippen molar-refractivity contribution in [3.8, 4) is 11.8 Å². The molecule has 0 fully saturated rings. The summed E-state index contributed by atoms with van der Waals surface area (Å²) in [5, 5.41) is 9.17. The quantitative estimate of drug-likeness (QED) is 0.687. The monoisotopic (exact) mass is 229 g/mol. The molecule has 1 aliphatic heterocycles. The maximum absolute atomic E-state index is 12.2. The van der Waals surface area contributed by atoms with Crippen LogP contribution < -0.4 is 4.74 Å². The minimum atomic E-state index is -0.718. The van der Waals surface area contributed by atoms with E-state index in [1.807, 2.05) is 26.8 Å². The van der Waals surface area contributed by atoms with E-state index >= 15 is 0 Å². The fourth-order valence-corrected chi connectivity index (χ4v) is 2.09. The maximum atomic E-state index is 12.2. The number of rotatable bonds is 0. The summed E-state index contributed by atoms with van der Waals surface area (Å²) < 4.78 is 5.83. The summed E-state index contributed by atoms with van der Waals surface area (Å²) in [6.45, 7) is 5.93. The van der Waals surface area contributed by atoms with Gasteiger partial charge in [-0.15, -0.1) is 0 Å². The molecule has 2 atom stereocenters. The molecule has 2 unspecified atom stereocenters. The van der Waals surface area contributed by atoms with Crippen LogP contribution in [0.2, 0.25) is 0 Å². The van der Waals surface area contributed by atoms with Crippen molar-refractivity contribution in [2.75, 3.05) is 0 Å². The van der Waals surface area contributed by atoms with Crippen LogP contribution in [0.3, 0.4) is 0 Å². The number of ketones is 1. The number of benzene rings is 1. The zero-order valence-electron chi connectivity index (χ0n) is 10.2. The van der Waals surface area contributed by atoms with Crippen molar-refractivity contribution in [1.82, 2.24) is 0 Å². The lowest BCUT2D eigenvalue weighted by Gasteiger charge is -2.37. The molecular weight excluding hydrogens is 214 g/mol. The minimum Gasteiger partial charge on any atom is -0.487 e. The van der Waals surface area contributed by atoms with Gasteiger partial charge in [-0.25, -0.2) is 0 Å². The van der Waals surface area contributed by atoms with Gasteiger partial charge < -0.3 is 4.74 Å². The fourth-order valence-electron chi connectivity index (χ4n) is 2.09. The van der Waals surface area contributed by atoms with Crippen LogP contribution in [0.15, 0.2) is 24.3 Å². The van der Waals surface area contributed by atoms with E-state index in [4.69, 9.17) is 10.00 Å². The highest BCUT2D eigenvalue weighted by atomic mass is 16.5.